The molecule has 336 valence electrons. The van der Waals surface area contributed by atoms with Crippen molar-refractivity contribution in [3.63, 3.8) is 0 Å². The molecule has 0 unspecified atom stereocenters. The second-order valence-electron chi connectivity index (χ2n) is 22.2. The van der Waals surface area contributed by atoms with Crippen LogP contribution < -0.4 is 21.6 Å². The summed E-state index contributed by atoms with van der Waals surface area (Å²) in [6.45, 7) is 7.42. The van der Waals surface area contributed by atoms with E-state index in [1.54, 1.807) is 0 Å². The van der Waals surface area contributed by atoms with E-state index in [-0.39, 0.29) is 6.71 Å². The lowest BCUT2D eigenvalue weighted by molar-refractivity contribution is 1.14. The summed E-state index contributed by atoms with van der Waals surface area (Å²) in [7, 11) is -1.72. The summed E-state index contributed by atoms with van der Waals surface area (Å²) >= 11 is 0. The number of fused-ring (bicyclic) bond motifs is 31. The molecule has 0 fully saturated rings. The summed E-state index contributed by atoms with van der Waals surface area (Å²) < 4.78 is 5.38. The second kappa shape index (κ2) is 13.2. The molecule has 4 heterocycles. The average Bonchev–Trinajstić information content (AvgIpc) is 4.06. The van der Waals surface area contributed by atoms with E-state index in [9.17, 15) is 0 Å². The van der Waals surface area contributed by atoms with Gasteiger partial charge >= 0.3 is 0 Å². The summed E-state index contributed by atoms with van der Waals surface area (Å²) in [6.07, 6.45) is 0. The van der Waals surface area contributed by atoms with E-state index in [0.717, 1.165) is 0 Å². The number of aromatic nitrogens is 2. The summed E-state index contributed by atoms with van der Waals surface area (Å²) in [6, 6.07) is 79.8. The molecule has 2 aliphatic heterocycles. The number of rotatable bonds is 1. The maximum atomic E-state index is 2.70. The predicted molar refractivity (Wildman–Crippen MR) is 320 cm³/mol. The molecule has 14 aromatic carbocycles. The first kappa shape index (κ1) is 39.0. The van der Waals surface area contributed by atoms with Crippen LogP contribution in [0.5, 0.6) is 0 Å². The van der Waals surface area contributed by atoms with Crippen LogP contribution in [0.25, 0.3) is 152 Å². The van der Waals surface area contributed by atoms with Crippen LogP contribution >= 0.6 is 0 Å². The summed E-state index contributed by atoms with van der Waals surface area (Å²) in [5, 5.41) is 30.5. The van der Waals surface area contributed by atoms with Crippen LogP contribution in [0.3, 0.4) is 0 Å². The van der Waals surface area contributed by atoms with E-state index in [4.69, 9.17) is 0 Å². The minimum absolute atomic E-state index is 0.0469. The normalized spacial score (nSPS) is 13.4. The van der Waals surface area contributed by atoms with Crippen LogP contribution in [0.2, 0.25) is 19.6 Å². The maximum absolute atomic E-state index is 2.70. The highest BCUT2D eigenvalue weighted by molar-refractivity contribution is 7.01. The molecular weight excluding hydrogens is 896 g/mol. The standard InChI is InChI=1S/C69H43BN2Si/c1-73(2,3)38-31-33-57-54(35-38)64-62-49-27-14-11-21-43(49)40-18-5-8-24-46(40)52(62)36-55-68(64)71(57)59-29-16-30-60-67(59)70(55)56-37-53-47-25-9-6-19-41(47)44-22-12-15-28-50(44)63(53)66-65-58(72(60)69(56)66)34-32-51-45-23-7-4-17-39(45)42-20-10-13-26-48(42)61(51)65/h4-37H,1-3H3. The Morgan fingerprint density at radius 3 is 1.14 bits per heavy atom. The topological polar surface area (TPSA) is 9.86 Å². The number of hydrogen-bond acceptors (Lipinski definition) is 0. The summed E-state index contributed by atoms with van der Waals surface area (Å²) in [5.74, 6) is 0. The maximum Gasteiger partial charge on any atom is 0.252 e. The molecule has 0 atom stereocenters. The minimum atomic E-state index is -1.72. The van der Waals surface area contributed by atoms with Crippen molar-refractivity contribution < 1.29 is 0 Å². The Labute approximate surface area is 421 Å². The molecule has 0 aliphatic carbocycles. The van der Waals surface area contributed by atoms with Gasteiger partial charge in [0.2, 0.25) is 0 Å². The van der Waals surface area contributed by atoms with Gasteiger partial charge in [0.05, 0.1) is 30.1 Å². The van der Waals surface area contributed by atoms with E-state index in [2.05, 4.69) is 235 Å². The monoisotopic (exact) mass is 938 g/mol. The molecule has 0 amide bonds. The molecule has 0 bridgehead atoms. The van der Waals surface area contributed by atoms with E-state index in [1.807, 2.05) is 0 Å². The van der Waals surface area contributed by atoms with Crippen molar-refractivity contribution in [3.8, 4) is 11.4 Å². The van der Waals surface area contributed by atoms with Crippen molar-refractivity contribution in [2.75, 3.05) is 0 Å². The quantitative estimate of drug-likeness (QED) is 0.115. The Bertz CT molecular complexity index is 5280. The first-order chi connectivity index (χ1) is 35.9. The number of nitrogens with zero attached hydrogens (tertiary/aromatic N) is 2. The van der Waals surface area contributed by atoms with Gasteiger partial charge in [0.25, 0.3) is 6.71 Å². The number of benzene rings is 14. The van der Waals surface area contributed by atoms with Gasteiger partial charge in [-0.2, -0.15) is 0 Å². The van der Waals surface area contributed by atoms with Crippen LogP contribution in [0, 0.1) is 0 Å². The highest BCUT2D eigenvalue weighted by Gasteiger charge is 2.42. The van der Waals surface area contributed by atoms with Gasteiger partial charge in [0.1, 0.15) is 0 Å². The fraction of sp³-hybridized carbons (Fsp3) is 0.0435. The minimum Gasteiger partial charge on any atom is -0.310 e. The van der Waals surface area contributed by atoms with Crippen LogP contribution in [0.4, 0.5) is 0 Å². The lowest BCUT2D eigenvalue weighted by Gasteiger charge is -2.34. The first-order valence-electron chi connectivity index (χ1n) is 26.0. The molecule has 73 heavy (non-hydrogen) atoms. The second-order valence-corrected chi connectivity index (χ2v) is 27.3. The summed E-state index contributed by atoms with van der Waals surface area (Å²) in [4.78, 5) is 0. The van der Waals surface area contributed by atoms with Gasteiger partial charge in [-0.25, -0.2) is 0 Å². The molecule has 0 radical (unpaired) electrons. The van der Waals surface area contributed by atoms with Crippen molar-refractivity contribution in [1.29, 1.82) is 0 Å². The van der Waals surface area contributed by atoms with E-state index in [0.29, 0.717) is 0 Å². The smallest absolute Gasteiger partial charge is 0.252 e. The first-order valence-corrected chi connectivity index (χ1v) is 29.5. The zero-order valence-corrected chi connectivity index (χ0v) is 41.6. The fourth-order valence-electron chi connectivity index (χ4n) is 14.8. The largest absolute Gasteiger partial charge is 0.310 e. The third kappa shape index (κ3) is 4.60. The van der Waals surface area contributed by atoms with Crippen molar-refractivity contribution in [2.24, 2.45) is 0 Å². The SMILES string of the molecule is C[Si](C)(C)c1ccc2c(c1)c1c3c4ccccc4c4ccccc4c3cc3c1n2-c1cccc2c1B3c1cc3c4ccccc4c4ccccc4c3c3c4c5c6ccccc6c6ccccc6c5ccc4n-2c13. The Morgan fingerprint density at radius 1 is 0.288 bits per heavy atom. The molecule has 2 aromatic heterocycles. The molecule has 18 rings (SSSR count). The predicted octanol–water partition coefficient (Wildman–Crippen LogP) is 15.9. The van der Waals surface area contributed by atoms with Crippen LogP contribution in [0.15, 0.2) is 206 Å². The van der Waals surface area contributed by atoms with Gasteiger partial charge in [0, 0.05) is 49.1 Å². The lowest BCUT2D eigenvalue weighted by atomic mass is 9.34. The lowest BCUT2D eigenvalue weighted by Crippen LogP contribution is -2.59. The van der Waals surface area contributed by atoms with Crippen molar-refractivity contribution >= 4 is 177 Å². The molecule has 4 heteroatoms. The molecular formula is C69H43BN2Si. The van der Waals surface area contributed by atoms with Crippen LogP contribution in [0.1, 0.15) is 0 Å². The third-order valence-corrected chi connectivity index (χ3v) is 19.8. The van der Waals surface area contributed by atoms with Gasteiger partial charge < -0.3 is 9.13 Å². The average molecular weight is 939 g/mol. The number of hydrogen-bond donors (Lipinski definition) is 0. The van der Waals surface area contributed by atoms with Crippen LogP contribution in [-0.4, -0.2) is 23.9 Å². The summed E-state index contributed by atoms with van der Waals surface area (Å²) in [5.41, 5.74) is 11.9. The molecule has 16 aromatic rings. The Balaban J connectivity index is 1.13. The van der Waals surface area contributed by atoms with Gasteiger partial charge in [-0.15, -0.1) is 0 Å². The van der Waals surface area contributed by atoms with E-state index < -0.39 is 8.07 Å². The Morgan fingerprint density at radius 2 is 0.658 bits per heavy atom. The Hall–Kier alpha value is -8.70. The molecule has 0 saturated carbocycles. The van der Waals surface area contributed by atoms with Gasteiger partial charge in [0.15, 0.2) is 0 Å². The van der Waals surface area contributed by atoms with E-state index in [1.165, 1.54) is 174 Å². The van der Waals surface area contributed by atoms with E-state index >= 15 is 0 Å². The van der Waals surface area contributed by atoms with Crippen molar-refractivity contribution in [2.45, 2.75) is 19.6 Å². The molecule has 2 nitrogen and oxygen atoms in total. The Kier molecular flexibility index (Phi) is 7.06. The van der Waals surface area contributed by atoms with Crippen molar-refractivity contribution in [1.82, 2.24) is 9.13 Å². The van der Waals surface area contributed by atoms with Gasteiger partial charge in [-0.1, -0.05) is 207 Å². The molecule has 2 aliphatic rings. The molecule has 0 saturated heterocycles. The van der Waals surface area contributed by atoms with Crippen LogP contribution in [-0.2, 0) is 0 Å². The highest BCUT2D eigenvalue weighted by Crippen LogP contribution is 2.50. The highest BCUT2D eigenvalue weighted by atomic mass is 28.3. The third-order valence-electron chi connectivity index (χ3n) is 17.7. The zero-order chi connectivity index (χ0) is 47.7. The van der Waals surface area contributed by atoms with Gasteiger partial charge in [-0.05, 0) is 121 Å². The van der Waals surface area contributed by atoms with Gasteiger partial charge in [-0.3, -0.25) is 0 Å². The molecule has 0 N–H and O–H groups in total. The van der Waals surface area contributed by atoms with Crippen molar-refractivity contribution in [3.05, 3.63) is 206 Å². The fourth-order valence-corrected chi connectivity index (χ4v) is 16.0. The zero-order valence-electron chi connectivity index (χ0n) is 40.6. The molecule has 0 spiro atoms.